The predicted molar refractivity (Wildman–Crippen MR) is 83.7 cm³/mol. The van der Waals surface area contributed by atoms with E-state index in [0.717, 1.165) is 19.5 Å². The molecule has 6 heteroatoms. The normalized spacial score (nSPS) is 18.5. The maximum absolute atomic E-state index is 11.7. The van der Waals surface area contributed by atoms with E-state index in [1.807, 2.05) is 13.8 Å². The maximum Gasteiger partial charge on any atom is 0.239 e. The first-order chi connectivity index (χ1) is 9.90. The molecule has 1 heterocycles. The van der Waals surface area contributed by atoms with Crippen LogP contribution in [-0.4, -0.2) is 56.0 Å². The first-order valence-electron chi connectivity index (χ1n) is 7.88. The van der Waals surface area contributed by atoms with E-state index in [-0.39, 0.29) is 24.3 Å². The van der Waals surface area contributed by atoms with Gasteiger partial charge in [0, 0.05) is 6.54 Å². The van der Waals surface area contributed by atoms with Crippen molar-refractivity contribution in [3.63, 3.8) is 0 Å². The molecule has 0 bridgehead atoms. The molecule has 1 aliphatic heterocycles. The van der Waals surface area contributed by atoms with Gasteiger partial charge in [-0.25, -0.2) is 0 Å². The predicted octanol–water partition coefficient (Wildman–Crippen LogP) is -0.0660. The summed E-state index contributed by atoms with van der Waals surface area (Å²) in [5, 5.41) is 5.43. The van der Waals surface area contributed by atoms with Crippen LogP contribution in [-0.2, 0) is 9.59 Å². The highest BCUT2D eigenvalue weighted by atomic mass is 16.2. The fourth-order valence-corrected chi connectivity index (χ4v) is 2.42. The minimum Gasteiger partial charge on any atom is -0.355 e. The van der Waals surface area contributed by atoms with Gasteiger partial charge in [0.25, 0.3) is 0 Å². The van der Waals surface area contributed by atoms with Crippen molar-refractivity contribution >= 4 is 11.8 Å². The number of nitrogens with two attached hydrogens (primary N) is 1. The molecule has 1 saturated heterocycles. The number of carbonyl (C=O) groups is 2. The maximum atomic E-state index is 11.7. The Morgan fingerprint density at radius 1 is 1.24 bits per heavy atom. The number of piperidine rings is 1. The van der Waals surface area contributed by atoms with Crippen molar-refractivity contribution < 1.29 is 9.59 Å². The van der Waals surface area contributed by atoms with Gasteiger partial charge >= 0.3 is 0 Å². The van der Waals surface area contributed by atoms with Gasteiger partial charge in [-0.15, -0.1) is 0 Å². The Balaban J connectivity index is 2.10. The highest BCUT2D eigenvalue weighted by Crippen LogP contribution is 2.18. The van der Waals surface area contributed by atoms with Crippen LogP contribution in [0.25, 0.3) is 0 Å². The van der Waals surface area contributed by atoms with Crippen LogP contribution in [0, 0.1) is 11.8 Å². The van der Waals surface area contributed by atoms with Gasteiger partial charge in [0.2, 0.25) is 11.8 Å². The lowest BCUT2D eigenvalue weighted by Crippen LogP contribution is -2.47. The molecule has 0 saturated carbocycles. The number of hydrogen-bond donors (Lipinski definition) is 3. The number of likely N-dealkylation sites (tertiary alicyclic amines) is 1. The van der Waals surface area contributed by atoms with Crippen LogP contribution < -0.4 is 16.4 Å². The molecule has 0 aromatic heterocycles. The smallest absolute Gasteiger partial charge is 0.239 e. The third kappa shape index (κ3) is 6.91. The summed E-state index contributed by atoms with van der Waals surface area (Å²) in [5.74, 6) is 0.352. The van der Waals surface area contributed by atoms with Crippen molar-refractivity contribution in [2.24, 2.45) is 17.6 Å². The van der Waals surface area contributed by atoms with Gasteiger partial charge < -0.3 is 21.3 Å². The lowest BCUT2D eigenvalue weighted by Gasteiger charge is -2.28. The molecule has 122 valence electrons. The Bertz CT molecular complexity index is 339. The number of nitrogens with zero attached hydrogens (tertiary/aromatic N) is 1. The number of nitrogens with one attached hydrogen (secondary N) is 2. The van der Waals surface area contributed by atoms with Crippen LogP contribution in [0.1, 0.15) is 33.1 Å². The fraction of sp³-hybridized carbons (Fsp3) is 0.867. The molecule has 0 aromatic carbocycles. The molecule has 1 aliphatic rings. The Morgan fingerprint density at radius 3 is 2.43 bits per heavy atom. The van der Waals surface area contributed by atoms with Crippen molar-refractivity contribution in [2.75, 3.05) is 33.2 Å². The molecule has 0 aliphatic carbocycles. The Kier molecular flexibility index (Phi) is 7.67. The molecule has 0 unspecified atom stereocenters. The average Bonchev–Trinajstić information content (AvgIpc) is 2.46. The fourth-order valence-electron chi connectivity index (χ4n) is 2.42. The second-order valence-corrected chi connectivity index (χ2v) is 6.37. The third-order valence-corrected chi connectivity index (χ3v) is 4.16. The summed E-state index contributed by atoms with van der Waals surface area (Å²) < 4.78 is 0. The van der Waals surface area contributed by atoms with E-state index in [9.17, 15) is 9.59 Å². The monoisotopic (exact) mass is 298 g/mol. The minimum atomic E-state index is -0.558. The third-order valence-electron chi connectivity index (χ3n) is 4.16. The van der Waals surface area contributed by atoms with Crippen molar-refractivity contribution in [2.45, 2.75) is 39.2 Å². The Labute approximate surface area is 127 Å². The van der Waals surface area contributed by atoms with Gasteiger partial charge in [-0.3, -0.25) is 9.59 Å². The van der Waals surface area contributed by atoms with E-state index in [4.69, 9.17) is 5.73 Å². The van der Waals surface area contributed by atoms with Crippen LogP contribution in [0.4, 0.5) is 0 Å². The van der Waals surface area contributed by atoms with E-state index >= 15 is 0 Å². The van der Waals surface area contributed by atoms with Crippen LogP contribution in [0.15, 0.2) is 0 Å². The molecular formula is C15H30N4O2. The molecule has 21 heavy (non-hydrogen) atoms. The molecule has 2 amide bonds. The second-order valence-electron chi connectivity index (χ2n) is 6.37. The zero-order chi connectivity index (χ0) is 15.8. The van der Waals surface area contributed by atoms with Crippen molar-refractivity contribution in [3.8, 4) is 0 Å². The van der Waals surface area contributed by atoms with Gasteiger partial charge in [-0.1, -0.05) is 13.8 Å². The average molecular weight is 298 g/mol. The van der Waals surface area contributed by atoms with Crippen LogP contribution in [0.5, 0.6) is 0 Å². The SMILES string of the molecule is CC(C)[C@H](N)C(=O)NCC(=O)NCCC1CCN(C)CC1. The van der Waals surface area contributed by atoms with Gasteiger partial charge in [-0.05, 0) is 51.2 Å². The second kappa shape index (κ2) is 9.00. The zero-order valence-electron chi connectivity index (χ0n) is 13.5. The number of amides is 2. The summed E-state index contributed by atoms with van der Waals surface area (Å²) >= 11 is 0. The highest BCUT2D eigenvalue weighted by molar-refractivity contribution is 5.87. The highest BCUT2D eigenvalue weighted by Gasteiger charge is 2.18. The summed E-state index contributed by atoms with van der Waals surface area (Å²) in [6, 6.07) is -0.558. The molecule has 1 atom stereocenters. The first kappa shape index (κ1) is 17.9. The summed E-state index contributed by atoms with van der Waals surface area (Å²) in [7, 11) is 2.14. The van der Waals surface area contributed by atoms with Crippen LogP contribution >= 0.6 is 0 Å². The van der Waals surface area contributed by atoms with Gasteiger partial charge in [0.05, 0.1) is 12.6 Å². The van der Waals surface area contributed by atoms with Crippen molar-refractivity contribution in [1.29, 1.82) is 0 Å². The topological polar surface area (TPSA) is 87.5 Å². The summed E-state index contributed by atoms with van der Waals surface area (Å²) in [6.07, 6.45) is 3.41. The Hall–Kier alpha value is -1.14. The number of carbonyl (C=O) groups excluding carboxylic acids is 2. The van der Waals surface area contributed by atoms with E-state index in [1.165, 1.54) is 12.8 Å². The molecular weight excluding hydrogens is 268 g/mol. The zero-order valence-corrected chi connectivity index (χ0v) is 13.5. The molecule has 1 rings (SSSR count). The quantitative estimate of drug-likeness (QED) is 0.614. The largest absolute Gasteiger partial charge is 0.355 e. The first-order valence-corrected chi connectivity index (χ1v) is 7.88. The van der Waals surface area contributed by atoms with Crippen molar-refractivity contribution in [3.05, 3.63) is 0 Å². The summed E-state index contributed by atoms with van der Waals surface area (Å²) in [6.45, 7) is 6.73. The van der Waals surface area contributed by atoms with E-state index in [1.54, 1.807) is 0 Å². The summed E-state index contributed by atoms with van der Waals surface area (Å²) in [5.41, 5.74) is 5.71. The molecule has 0 radical (unpaired) electrons. The van der Waals surface area contributed by atoms with Gasteiger partial charge in [-0.2, -0.15) is 0 Å². The van der Waals surface area contributed by atoms with E-state index in [2.05, 4.69) is 22.6 Å². The summed E-state index contributed by atoms with van der Waals surface area (Å²) in [4.78, 5) is 25.6. The minimum absolute atomic E-state index is 0.00660. The molecule has 6 nitrogen and oxygen atoms in total. The number of hydrogen-bond acceptors (Lipinski definition) is 4. The van der Waals surface area contributed by atoms with E-state index < -0.39 is 6.04 Å². The van der Waals surface area contributed by atoms with Crippen LogP contribution in [0.2, 0.25) is 0 Å². The van der Waals surface area contributed by atoms with Crippen molar-refractivity contribution in [1.82, 2.24) is 15.5 Å². The standard InChI is InChI=1S/C15H30N4O2/c1-11(2)14(16)15(21)18-10-13(20)17-7-4-12-5-8-19(3)9-6-12/h11-12,14H,4-10,16H2,1-3H3,(H,17,20)(H,18,21)/t14-/m0/s1. The lowest BCUT2D eigenvalue weighted by molar-refractivity contribution is -0.127. The van der Waals surface area contributed by atoms with Gasteiger partial charge in [0.1, 0.15) is 0 Å². The van der Waals surface area contributed by atoms with Crippen LogP contribution in [0.3, 0.4) is 0 Å². The van der Waals surface area contributed by atoms with E-state index in [0.29, 0.717) is 12.5 Å². The molecule has 1 fully saturated rings. The molecule has 4 N–H and O–H groups in total. The molecule has 0 spiro atoms. The van der Waals surface area contributed by atoms with Gasteiger partial charge in [0.15, 0.2) is 0 Å². The Morgan fingerprint density at radius 2 is 1.86 bits per heavy atom. The lowest BCUT2D eigenvalue weighted by atomic mass is 9.94. The number of rotatable bonds is 7. The molecule has 0 aromatic rings.